The van der Waals surface area contributed by atoms with Gasteiger partial charge in [0.05, 0.1) is 17.8 Å². The predicted molar refractivity (Wildman–Crippen MR) is 154 cm³/mol. The Balaban J connectivity index is 1.33. The second-order valence-corrected chi connectivity index (χ2v) is 11.5. The molecule has 0 atom stereocenters. The first-order valence-corrected chi connectivity index (χ1v) is 14.1. The van der Waals surface area contributed by atoms with E-state index < -0.39 is 0 Å². The fourth-order valence-corrected chi connectivity index (χ4v) is 5.42. The molecule has 3 aliphatic rings. The maximum absolute atomic E-state index is 13.0. The molecule has 0 radical (unpaired) electrons. The third-order valence-electron chi connectivity index (χ3n) is 8.33. The molecule has 0 unspecified atom stereocenters. The van der Waals surface area contributed by atoms with Crippen molar-refractivity contribution in [3.63, 3.8) is 0 Å². The Bertz CT molecular complexity index is 1650. The van der Waals surface area contributed by atoms with Crippen LogP contribution in [0.4, 0.5) is 11.4 Å². The topological polar surface area (TPSA) is 71.2 Å². The summed E-state index contributed by atoms with van der Waals surface area (Å²) in [6.45, 7) is 1.63. The number of rotatable bonds is 9. The van der Waals surface area contributed by atoms with Crippen molar-refractivity contribution in [2.24, 2.45) is 18.9 Å². The van der Waals surface area contributed by atoms with Crippen molar-refractivity contribution in [1.82, 2.24) is 9.55 Å². The first-order valence-electron chi connectivity index (χ1n) is 14.1. The smallest absolute Gasteiger partial charge is 0.252 e. The van der Waals surface area contributed by atoms with E-state index in [-0.39, 0.29) is 5.56 Å². The molecule has 0 N–H and O–H groups in total. The normalized spacial score (nSPS) is 16.7. The van der Waals surface area contributed by atoms with Gasteiger partial charge in [-0.1, -0.05) is 18.2 Å². The van der Waals surface area contributed by atoms with Crippen molar-refractivity contribution in [3.05, 3.63) is 82.3 Å². The summed E-state index contributed by atoms with van der Waals surface area (Å²) in [7, 11) is 1.76. The Morgan fingerprint density at radius 1 is 0.974 bits per heavy atom. The zero-order chi connectivity index (χ0) is 26.5. The highest BCUT2D eigenvalue weighted by Crippen LogP contribution is 2.47. The molecule has 0 aliphatic heterocycles. The summed E-state index contributed by atoms with van der Waals surface area (Å²) in [5.41, 5.74) is 7.31. The number of hydrogen-bond acceptors (Lipinski definition) is 5. The van der Waals surface area contributed by atoms with E-state index in [0.717, 1.165) is 41.7 Å². The van der Waals surface area contributed by atoms with Gasteiger partial charge < -0.3 is 14.2 Å². The van der Waals surface area contributed by atoms with Crippen LogP contribution in [-0.4, -0.2) is 22.7 Å². The second kappa shape index (κ2) is 9.57. The monoisotopic (exact) mass is 516 g/mol. The summed E-state index contributed by atoms with van der Waals surface area (Å²) in [5, 5.41) is 9.55. The number of fused-ring (bicyclic) bond motifs is 1. The second-order valence-electron chi connectivity index (χ2n) is 11.5. The fraction of sp³-hybridized carbons (Fsp3) is 0.364. The van der Waals surface area contributed by atoms with Crippen LogP contribution in [0.3, 0.4) is 0 Å². The number of hydrogen-bond donors (Lipinski definition) is 0. The van der Waals surface area contributed by atoms with Gasteiger partial charge in [-0.05, 0) is 109 Å². The van der Waals surface area contributed by atoms with Crippen LogP contribution in [0.25, 0.3) is 22.2 Å². The summed E-state index contributed by atoms with van der Waals surface area (Å²) in [6.07, 6.45) is 7.38. The van der Waals surface area contributed by atoms with Gasteiger partial charge in [-0.2, -0.15) is 5.26 Å². The minimum atomic E-state index is -0.0820. The molecule has 6 heteroatoms. The highest BCUT2D eigenvalue weighted by atomic mass is 16.5. The Morgan fingerprint density at radius 3 is 2.44 bits per heavy atom. The molecule has 4 aromatic rings. The average Bonchev–Trinajstić information content (AvgIpc) is 3.82. The molecule has 2 heterocycles. The predicted octanol–water partition coefficient (Wildman–Crippen LogP) is 6.69. The summed E-state index contributed by atoms with van der Waals surface area (Å²) in [5.74, 6) is 2.83. The van der Waals surface area contributed by atoms with Gasteiger partial charge in [-0.3, -0.25) is 4.79 Å². The van der Waals surface area contributed by atoms with Crippen LogP contribution >= 0.6 is 0 Å². The Morgan fingerprint density at radius 2 is 1.74 bits per heavy atom. The van der Waals surface area contributed by atoms with Gasteiger partial charge in [0.2, 0.25) is 0 Å². The lowest BCUT2D eigenvalue weighted by molar-refractivity contribution is 0.300. The van der Waals surface area contributed by atoms with Gasteiger partial charge in [0.15, 0.2) is 0 Å². The zero-order valence-corrected chi connectivity index (χ0v) is 22.3. The van der Waals surface area contributed by atoms with E-state index in [1.165, 1.54) is 55.2 Å². The number of aromatic nitrogens is 2. The molecule has 0 amide bonds. The fourth-order valence-electron chi connectivity index (χ4n) is 5.42. The van der Waals surface area contributed by atoms with Crippen LogP contribution in [0.15, 0.2) is 65.5 Å². The molecule has 0 spiro atoms. The van der Waals surface area contributed by atoms with Crippen LogP contribution < -0.4 is 15.2 Å². The van der Waals surface area contributed by atoms with Gasteiger partial charge in [0.25, 0.3) is 5.56 Å². The lowest BCUT2D eigenvalue weighted by Crippen LogP contribution is -2.25. The molecule has 7 rings (SSSR count). The van der Waals surface area contributed by atoms with E-state index in [1.54, 1.807) is 23.7 Å². The van der Waals surface area contributed by atoms with Crippen LogP contribution in [0.5, 0.6) is 5.75 Å². The van der Waals surface area contributed by atoms with Crippen molar-refractivity contribution < 1.29 is 4.74 Å². The number of anilines is 2. The molecule has 196 valence electrons. The molecule has 0 bridgehead atoms. The van der Waals surface area contributed by atoms with Crippen LogP contribution in [0.1, 0.15) is 55.7 Å². The van der Waals surface area contributed by atoms with Gasteiger partial charge in [0.1, 0.15) is 23.0 Å². The minimum absolute atomic E-state index is 0.0820. The molecule has 2 aromatic heterocycles. The van der Waals surface area contributed by atoms with Crippen molar-refractivity contribution in [2.45, 2.75) is 44.4 Å². The summed E-state index contributed by atoms with van der Waals surface area (Å²) in [6, 6.07) is 22.6. The van der Waals surface area contributed by atoms with Crippen molar-refractivity contribution >= 4 is 22.4 Å². The quantitative estimate of drug-likeness (QED) is 0.248. The summed E-state index contributed by atoms with van der Waals surface area (Å²) < 4.78 is 7.60. The molecule has 2 aromatic carbocycles. The molecule has 0 saturated heterocycles. The number of nitriles is 1. The highest BCUT2D eigenvalue weighted by molar-refractivity contribution is 5.91. The average molecular weight is 517 g/mol. The van der Waals surface area contributed by atoms with Crippen molar-refractivity contribution in [1.29, 1.82) is 5.26 Å². The van der Waals surface area contributed by atoms with Crippen LogP contribution in [0, 0.1) is 23.2 Å². The van der Waals surface area contributed by atoms with E-state index >= 15 is 0 Å². The molecule has 3 fully saturated rings. The number of pyridine rings is 2. The molecular weight excluding hydrogens is 484 g/mol. The molecule has 3 aliphatic carbocycles. The molecule has 3 saturated carbocycles. The Hall–Kier alpha value is -4.11. The lowest BCUT2D eigenvalue weighted by Gasteiger charge is -2.27. The van der Waals surface area contributed by atoms with Crippen molar-refractivity contribution in [3.8, 4) is 22.9 Å². The van der Waals surface area contributed by atoms with E-state index in [4.69, 9.17) is 4.74 Å². The Kier molecular flexibility index (Phi) is 5.88. The third kappa shape index (κ3) is 4.90. The highest BCUT2D eigenvalue weighted by Gasteiger charge is 2.30. The van der Waals surface area contributed by atoms with E-state index in [0.29, 0.717) is 23.0 Å². The molecule has 6 nitrogen and oxygen atoms in total. The maximum Gasteiger partial charge on any atom is 0.252 e. The number of nitrogens with zero attached hydrogens (tertiary/aromatic N) is 4. The van der Waals surface area contributed by atoms with E-state index in [1.807, 2.05) is 6.07 Å². The van der Waals surface area contributed by atoms with Gasteiger partial charge in [0, 0.05) is 25.3 Å². The van der Waals surface area contributed by atoms with Crippen molar-refractivity contribution in [2.75, 3.05) is 18.1 Å². The first-order chi connectivity index (χ1) is 19.1. The number of aryl methyl sites for hydroxylation is 1. The summed E-state index contributed by atoms with van der Waals surface area (Å²) >= 11 is 0. The largest absolute Gasteiger partial charge is 0.493 e. The lowest BCUT2D eigenvalue weighted by atomic mass is 9.95. The number of ether oxygens (including phenoxy) is 1. The SMILES string of the molecule is Cn1c(=O)cc(N(CC2CC2)c2ccc(C3CC3)c(-c3ccc(OCC4CC4)cc3)c2)c2nc(C#N)ccc21. The van der Waals surface area contributed by atoms with Crippen LogP contribution in [0.2, 0.25) is 0 Å². The van der Waals surface area contributed by atoms with Crippen LogP contribution in [-0.2, 0) is 7.05 Å². The van der Waals surface area contributed by atoms with Gasteiger partial charge in [-0.25, -0.2) is 4.98 Å². The standard InChI is InChI=1S/C33H32N4O2/c1-36-30-15-10-25(18-34)35-33(30)31(17-32(36)38)37(19-21-2-3-21)26-11-14-28(23-6-7-23)29(16-26)24-8-12-27(13-9-24)39-20-22-4-5-22/h8-17,21-23H,2-7,19-20H2,1H3. The molecule has 39 heavy (non-hydrogen) atoms. The first kappa shape index (κ1) is 24.0. The minimum Gasteiger partial charge on any atom is -0.493 e. The van der Waals surface area contributed by atoms with E-state index in [2.05, 4.69) is 58.4 Å². The molecular formula is C33H32N4O2. The summed E-state index contributed by atoms with van der Waals surface area (Å²) in [4.78, 5) is 20.0. The zero-order valence-electron chi connectivity index (χ0n) is 22.3. The van der Waals surface area contributed by atoms with E-state index in [9.17, 15) is 10.1 Å². The van der Waals surface area contributed by atoms with Gasteiger partial charge >= 0.3 is 0 Å². The number of benzene rings is 2. The Labute approximate surface area is 228 Å². The maximum atomic E-state index is 13.0. The third-order valence-corrected chi connectivity index (χ3v) is 8.33. The van der Waals surface area contributed by atoms with Gasteiger partial charge in [-0.15, -0.1) is 0 Å².